The summed E-state index contributed by atoms with van der Waals surface area (Å²) in [6, 6.07) is 1.89. The monoisotopic (exact) mass is 415 g/mol. The number of nitrogens with one attached hydrogen (secondary N) is 2. The molecule has 7 nitrogen and oxygen atoms in total. The molecule has 0 spiro atoms. The third-order valence-electron chi connectivity index (χ3n) is 5.83. The summed E-state index contributed by atoms with van der Waals surface area (Å²) in [5.41, 5.74) is 3.04. The number of halogens is 1. The van der Waals surface area contributed by atoms with Gasteiger partial charge in [-0.05, 0) is 44.6 Å². The second-order valence-corrected chi connectivity index (χ2v) is 8.39. The van der Waals surface area contributed by atoms with Gasteiger partial charge in [0, 0.05) is 48.4 Å². The third kappa shape index (κ3) is 4.45. The number of nitrogens with zero attached hydrogens (tertiary/aromatic N) is 3. The summed E-state index contributed by atoms with van der Waals surface area (Å²) < 4.78 is 2.04. The van der Waals surface area contributed by atoms with Gasteiger partial charge in [-0.25, -0.2) is 4.98 Å². The molecule has 154 valence electrons. The summed E-state index contributed by atoms with van der Waals surface area (Å²) in [6.45, 7) is 2.44. The highest BCUT2D eigenvalue weighted by Gasteiger charge is 2.28. The van der Waals surface area contributed by atoms with Crippen LogP contribution in [0.1, 0.15) is 51.1 Å². The fraction of sp³-hybridized carbons (Fsp3) is 0.524. The summed E-state index contributed by atoms with van der Waals surface area (Å²) in [5, 5.41) is 10.9. The molecule has 0 aromatic carbocycles. The number of hydrogen-bond donors (Lipinski definition) is 2. The molecule has 2 aromatic heterocycles. The van der Waals surface area contributed by atoms with Gasteiger partial charge in [0.15, 0.2) is 0 Å². The molecule has 0 radical (unpaired) electrons. The van der Waals surface area contributed by atoms with Crippen LogP contribution in [-0.4, -0.2) is 32.6 Å². The molecule has 3 heterocycles. The molecule has 2 N–H and O–H groups in total. The van der Waals surface area contributed by atoms with Crippen molar-refractivity contribution in [1.29, 1.82) is 0 Å². The Balaban J connectivity index is 1.50. The lowest BCUT2D eigenvalue weighted by atomic mass is 9.85. The number of amides is 2. The van der Waals surface area contributed by atoms with Crippen LogP contribution in [0.4, 0.5) is 5.82 Å². The minimum atomic E-state index is -0.134. The highest BCUT2D eigenvalue weighted by atomic mass is 35.5. The average molecular weight is 416 g/mol. The summed E-state index contributed by atoms with van der Waals surface area (Å²) in [6.07, 6.45) is 10.0. The van der Waals surface area contributed by atoms with Gasteiger partial charge in [0.2, 0.25) is 11.8 Å². The molecule has 2 aliphatic rings. The summed E-state index contributed by atoms with van der Waals surface area (Å²) in [5.74, 6) is 0.250. The molecule has 1 saturated carbocycles. The lowest BCUT2D eigenvalue weighted by Crippen LogP contribution is -2.40. The first-order chi connectivity index (χ1) is 14.0. The molecular formula is C21H26ClN5O2. The molecular weight excluding hydrogens is 390 g/mol. The van der Waals surface area contributed by atoms with E-state index in [0.29, 0.717) is 17.3 Å². The van der Waals surface area contributed by atoms with Crippen LogP contribution in [0.25, 0.3) is 11.1 Å². The summed E-state index contributed by atoms with van der Waals surface area (Å²) in [7, 11) is 0. The molecule has 29 heavy (non-hydrogen) atoms. The first-order valence-electron chi connectivity index (χ1n) is 10.3. The van der Waals surface area contributed by atoms with E-state index in [1.165, 1.54) is 12.6 Å². The van der Waals surface area contributed by atoms with Crippen LogP contribution in [0.3, 0.4) is 0 Å². The molecule has 8 heteroatoms. The minimum absolute atomic E-state index is 0.0513. The average Bonchev–Trinajstić information content (AvgIpc) is 3.13. The van der Waals surface area contributed by atoms with Crippen LogP contribution in [0.5, 0.6) is 0 Å². The van der Waals surface area contributed by atoms with Gasteiger partial charge in [-0.2, -0.15) is 5.10 Å². The predicted octanol–water partition coefficient (Wildman–Crippen LogP) is 3.57. The van der Waals surface area contributed by atoms with Crippen LogP contribution >= 0.6 is 11.6 Å². The topological polar surface area (TPSA) is 88.9 Å². The molecule has 1 aliphatic heterocycles. The molecule has 1 fully saturated rings. The summed E-state index contributed by atoms with van der Waals surface area (Å²) in [4.78, 5) is 28.4. The number of hydrogen-bond acceptors (Lipinski definition) is 4. The van der Waals surface area contributed by atoms with Gasteiger partial charge in [0.25, 0.3) is 0 Å². The van der Waals surface area contributed by atoms with Crippen LogP contribution in [0, 0.1) is 5.92 Å². The van der Waals surface area contributed by atoms with Gasteiger partial charge in [-0.15, -0.1) is 0 Å². The Hall–Kier alpha value is -2.41. The van der Waals surface area contributed by atoms with Crippen LogP contribution in [0.15, 0.2) is 18.5 Å². The van der Waals surface area contributed by atoms with Crippen molar-refractivity contribution < 1.29 is 9.59 Å². The number of anilines is 1. The van der Waals surface area contributed by atoms with Crippen molar-refractivity contribution in [2.24, 2.45) is 5.92 Å². The van der Waals surface area contributed by atoms with Crippen molar-refractivity contribution in [3.05, 3.63) is 29.2 Å². The zero-order valence-electron chi connectivity index (χ0n) is 16.6. The Bertz CT molecular complexity index is 926. The smallest absolute Gasteiger partial charge is 0.228 e. The van der Waals surface area contributed by atoms with Crippen molar-refractivity contribution >= 4 is 29.2 Å². The SMILES string of the molecule is CC(=O)N[C@H]1CCC[C@H](C(=O)Nc2cc(-c3cnn4c3CCCC4)c(Cl)cn2)C1. The highest BCUT2D eigenvalue weighted by Crippen LogP contribution is 2.34. The van der Waals surface area contributed by atoms with E-state index in [-0.39, 0.29) is 23.8 Å². The van der Waals surface area contributed by atoms with Crippen molar-refractivity contribution in [3.63, 3.8) is 0 Å². The predicted molar refractivity (Wildman–Crippen MR) is 112 cm³/mol. The van der Waals surface area contributed by atoms with Gasteiger partial charge < -0.3 is 10.6 Å². The molecule has 2 atom stereocenters. The highest BCUT2D eigenvalue weighted by molar-refractivity contribution is 6.33. The fourth-order valence-corrected chi connectivity index (χ4v) is 4.64. The maximum atomic E-state index is 12.8. The summed E-state index contributed by atoms with van der Waals surface area (Å²) >= 11 is 6.43. The normalized spacial score (nSPS) is 21.3. The Morgan fingerprint density at radius 2 is 2.03 bits per heavy atom. The standard InChI is InChI=1S/C21H26ClN5O2/c1-13(28)25-15-6-4-5-14(9-15)21(29)26-20-10-16(18(22)12-23-20)17-11-24-27-8-3-2-7-19(17)27/h10-12,14-15H,2-9H2,1H3,(H,25,28)(H,23,26,29)/t14-,15-/m0/s1. The minimum Gasteiger partial charge on any atom is -0.354 e. The van der Waals surface area contributed by atoms with Crippen molar-refractivity contribution in [1.82, 2.24) is 20.1 Å². The molecule has 1 aliphatic carbocycles. The second-order valence-electron chi connectivity index (χ2n) is 7.98. The van der Waals surface area contributed by atoms with E-state index >= 15 is 0 Å². The number of carbonyl (C=O) groups is 2. The first kappa shape index (κ1) is 19.9. The zero-order chi connectivity index (χ0) is 20.4. The van der Waals surface area contributed by atoms with Gasteiger partial charge >= 0.3 is 0 Å². The van der Waals surface area contributed by atoms with Gasteiger partial charge in [0.1, 0.15) is 5.82 Å². The van der Waals surface area contributed by atoms with Gasteiger partial charge in [0.05, 0.1) is 11.2 Å². The van der Waals surface area contributed by atoms with Gasteiger partial charge in [-0.3, -0.25) is 14.3 Å². The molecule has 0 bridgehead atoms. The largest absolute Gasteiger partial charge is 0.354 e. The fourth-order valence-electron chi connectivity index (χ4n) is 4.43. The van der Waals surface area contributed by atoms with Crippen molar-refractivity contribution in [2.75, 3.05) is 5.32 Å². The van der Waals surface area contributed by atoms with E-state index < -0.39 is 0 Å². The van der Waals surface area contributed by atoms with E-state index in [4.69, 9.17) is 11.6 Å². The van der Waals surface area contributed by atoms with Gasteiger partial charge in [-0.1, -0.05) is 18.0 Å². The van der Waals surface area contributed by atoms with Crippen LogP contribution in [-0.2, 0) is 22.6 Å². The molecule has 2 aromatic rings. The number of pyridine rings is 1. The lowest BCUT2D eigenvalue weighted by Gasteiger charge is -2.28. The molecule has 2 amide bonds. The van der Waals surface area contributed by atoms with Crippen molar-refractivity contribution in [3.8, 4) is 11.1 Å². The number of rotatable bonds is 4. The molecule has 0 saturated heterocycles. The lowest BCUT2D eigenvalue weighted by molar-refractivity contribution is -0.123. The number of aryl methyl sites for hydroxylation is 1. The van der Waals surface area contributed by atoms with Crippen molar-refractivity contribution in [2.45, 2.75) is 64.5 Å². The zero-order valence-corrected chi connectivity index (χ0v) is 17.3. The van der Waals surface area contributed by atoms with E-state index in [9.17, 15) is 9.59 Å². The maximum Gasteiger partial charge on any atom is 0.228 e. The van der Waals surface area contributed by atoms with E-state index in [1.807, 2.05) is 16.9 Å². The maximum absolute atomic E-state index is 12.8. The van der Waals surface area contributed by atoms with Crippen LogP contribution in [0.2, 0.25) is 5.02 Å². The number of fused-ring (bicyclic) bond motifs is 1. The quantitative estimate of drug-likeness (QED) is 0.798. The second kappa shape index (κ2) is 8.53. The van der Waals surface area contributed by atoms with Crippen LogP contribution < -0.4 is 10.6 Å². The van der Waals surface area contributed by atoms with E-state index in [1.54, 1.807) is 6.20 Å². The Morgan fingerprint density at radius 3 is 2.86 bits per heavy atom. The Labute approximate surface area is 175 Å². The van der Waals surface area contributed by atoms with E-state index in [2.05, 4.69) is 20.7 Å². The third-order valence-corrected chi connectivity index (χ3v) is 6.13. The number of aromatic nitrogens is 3. The molecule has 4 rings (SSSR count). The molecule has 0 unspecified atom stereocenters. The number of carbonyl (C=O) groups excluding carboxylic acids is 2. The Kier molecular flexibility index (Phi) is 5.85. The first-order valence-corrected chi connectivity index (χ1v) is 10.7. The van der Waals surface area contributed by atoms with E-state index in [0.717, 1.165) is 56.2 Å². The Morgan fingerprint density at radius 1 is 1.17 bits per heavy atom.